The van der Waals surface area contributed by atoms with Gasteiger partial charge in [0.1, 0.15) is 0 Å². The zero-order chi connectivity index (χ0) is 48.3. The lowest BCUT2D eigenvalue weighted by atomic mass is 10.0. The number of rotatable bonds is 60. The van der Waals surface area contributed by atoms with Crippen molar-refractivity contribution >= 4 is 11.8 Å². The van der Waals surface area contributed by atoms with E-state index in [4.69, 9.17) is 0 Å². The molecule has 0 aromatic rings. The molecule has 0 atom stereocenters. The third-order valence-corrected chi connectivity index (χ3v) is 15.0. The van der Waals surface area contributed by atoms with E-state index in [1.807, 2.05) is 0 Å². The number of nitrogens with one attached hydrogen (secondary N) is 2. The number of hydrogen-bond acceptors (Lipinski definition) is 2. The molecule has 0 radical (unpaired) electrons. The molecule has 0 aliphatic carbocycles. The van der Waals surface area contributed by atoms with Crippen molar-refractivity contribution in [1.29, 1.82) is 0 Å². The van der Waals surface area contributed by atoms with E-state index >= 15 is 0 Å². The highest BCUT2D eigenvalue weighted by molar-refractivity contribution is 5.76. The minimum Gasteiger partial charge on any atom is -0.356 e. The molecular weight excluding hydrogens is 817 g/mol. The lowest BCUT2D eigenvalue weighted by molar-refractivity contribution is -0.121. The molecule has 0 saturated carbocycles. The lowest BCUT2D eigenvalue weighted by Gasteiger charge is -2.07. The van der Waals surface area contributed by atoms with Crippen molar-refractivity contribution in [3.05, 3.63) is 0 Å². The number of hydrogen-bond donors (Lipinski definition) is 2. The first-order chi connectivity index (χ1) is 33.2. The average molecular weight is 944 g/mol. The molecule has 0 aliphatic heterocycles. The largest absolute Gasteiger partial charge is 0.356 e. The van der Waals surface area contributed by atoms with Gasteiger partial charge in [-0.3, -0.25) is 9.59 Å². The summed E-state index contributed by atoms with van der Waals surface area (Å²) in [5.74, 6) is 0.346. The van der Waals surface area contributed by atoms with Crippen LogP contribution in [0.25, 0.3) is 0 Å². The Morgan fingerprint density at radius 3 is 0.478 bits per heavy atom. The summed E-state index contributed by atoms with van der Waals surface area (Å²) in [6.45, 7) is 5.94. The van der Waals surface area contributed by atoms with Gasteiger partial charge >= 0.3 is 0 Å². The van der Waals surface area contributed by atoms with Gasteiger partial charge in [0, 0.05) is 25.9 Å². The molecule has 0 saturated heterocycles. The first kappa shape index (κ1) is 65.9. The molecule has 0 spiro atoms. The molecule has 2 amide bonds. The van der Waals surface area contributed by atoms with E-state index in [0.717, 1.165) is 19.3 Å². The molecule has 0 fully saturated rings. The second kappa shape index (κ2) is 61.1. The third kappa shape index (κ3) is 61.0. The summed E-state index contributed by atoms with van der Waals surface area (Å²) in [5, 5.41) is 6.10. The van der Waals surface area contributed by atoms with Gasteiger partial charge in [0.05, 0.1) is 0 Å². The first-order valence-corrected chi connectivity index (χ1v) is 31.7. The summed E-state index contributed by atoms with van der Waals surface area (Å²) in [4.78, 5) is 24.4. The van der Waals surface area contributed by atoms with Crippen LogP contribution in [-0.2, 0) is 9.59 Å². The molecule has 0 aliphatic rings. The smallest absolute Gasteiger partial charge is 0.219 e. The fourth-order valence-electron chi connectivity index (χ4n) is 10.3. The van der Waals surface area contributed by atoms with E-state index in [2.05, 4.69) is 24.5 Å². The number of amides is 2. The summed E-state index contributed by atoms with van der Waals surface area (Å²) in [6, 6.07) is 0. The van der Waals surface area contributed by atoms with E-state index in [-0.39, 0.29) is 11.8 Å². The Bertz CT molecular complexity index is 850. The topological polar surface area (TPSA) is 58.2 Å². The van der Waals surface area contributed by atoms with Crippen LogP contribution in [0.5, 0.6) is 0 Å². The van der Waals surface area contributed by atoms with Gasteiger partial charge in [0.25, 0.3) is 0 Å². The molecule has 0 rings (SSSR count). The molecule has 4 heteroatoms. The number of carbonyl (C=O) groups is 2. The first-order valence-electron chi connectivity index (χ1n) is 31.7. The van der Waals surface area contributed by atoms with Crippen LogP contribution in [0.1, 0.15) is 380 Å². The van der Waals surface area contributed by atoms with Gasteiger partial charge in [-0.2, -0.15) is 0 Å². The Labute approximate surface area is 423 Å². The monoisotopic (exact) mass is 943 g/mol. The molecule has 4 nitrogen and oxygen atoms in total. The molecule has 0 bridgehead atoms. The van der Waals surface area contributed by atoms with Gasteiger partial charge in [0.15, 0.2) is 0 Å². The molecule has 0 aromatic carbocycles. The van der Waals surface area contributed by atoms with Crippen molar-refractivity contribution in [3.63, 3.8) is 0 Å². The van der Waals surface area contributed by atoms with Crippen molar-refractivity contribution in [2.24, 2.45) is 0 Å². The van der Waals surface area contributed by atoms with Crippen molar-refractivity contribution in [1.82, 2.24) is 10.6 Å². The van der Waals surface area contributed by atoms with Crippen molar-refractivity contribution in [2.45, 2.75) is 380 Å². The Balaban J connectivity index is 3.22. The minimum atomic E-state index is 0.173. The van der Waals surface area contributed by atoms with Crippen LogP contribution in [-0.4, -0.2) is 24.9 Å². The molecule has 0 unspecified atom stereocenters. The van der Waals surface area contributed by atoms with Crippen LogP contribution < -0.4 is 10.6 Å². The molecule has 67 heavy (non-hydrogen) atoms. The summed E-state index contributed by atoms with van der Waals surface area (Å²) in [7, 11) is 0. The molecular formula is C63H126N2O2. The van der Waals surface area contributed by atoms with Gasteiger partial charge in [-0.25, -0.2) is 0 Å². The van der Waals surface area contributed by atoms with Crippen LogP contribution in [0.2, 0.25) is 0 Å². The summed E-state index contributed by atoms with van der Waals surface area (Å²) in [6.07, 6.45) is 78.0. The SMILES string of the molecule is CCCCCCCCCCCCCCCCCCCCCCCCCCCCCC(=O)NCCCNC(=O)CCCCCCCCCCCCCCCCCCCCCCCCCCCCC. The molecule has 0 heterocycles. The van der Waals surface area contributed by atoms with Gasteiger partial charge in [-0.1, -0.05) is 348 Å². The Hall–Kier alpha value is -1.06. The van der Waals surface area contributed by atoms with Crippen LogP contribution in [0.4, 0.5) is 0 Å². The van der Waals surface area contributed by atoms with E-state index in [1.54, 1.807) is 0 Å². The van der Waals surface area contributed by atoms with Gasteiger partial charge in [0.2, 0.25) is 11.8 Å². The second-order valence-electron chi connectivity index (χ2n) is 21.9. The highest BCUT2D eigenvalue weighted by atomic mass is 16.2. The second-order valence-corrected chi connectivity index (χ2v) is 21.9. The Kier molecular flexibility index (Phi) is 60.1. The van der Waals surface area contributed by atoms with Gasteiger partial charge in [-0.05, 0) is 19.3 Å². The standard InChI is InChI=1S/C63H126N2O2/c1-3-5-7-9-11-13-15-17-19-21-23-25-27-29-31-33-35-37-39-41-43-45-47-49-51-53-55-58-62(66)64-60-57-61-65-63(67)59-56-54-52-50-48-46-44-42-40-38-36-34-32-30-28-26-24-22-20-18-16-14-12-10-8-6-4-2/h3-61H2,1-2H3,(H,64,66)(H,65,67). The van der Waals surface area contributed by atoms with E-state index in [1.165, 1.54) is 334 Å². The maximum absolute atomic E-state index is 12.2. The maximum atomic E-state index is 12.2. The number of carbonyl (C=O) groups excluding carboxylic acids is 2. The Morgan fingerprint density at radius 1 is 0.194 bits per heavy atom. The summed E-state index contributed by atoms with van der Waals surface area (Å²) >= 11 is 0. The van der Waals surface area contributed by atoms with Crippen molar-refractivity contribution in [3.8, 4) is 0 Å². The average Bonchev–Trinajstić information content (AvgIpc) is 3.33. The minimum absolute atomic E-state index is 0.173. The van der Waals surface area contributed by atoms with E-state index in [9.17, 15) is 9.59 Å². The van der Waals surface area contributed by atoms with Crippen LogP contribution in [0.15, 0.2) is 0 Å². The summed E-state index contributed by atoms with van der Waals surface area (Å²) < 4.78 is 0. The van der Waals surface area contributed by atoms with Crippen molar-refractivity contribution in [2.75, 3.05) is 13.1 Å². The van der Waals surface area contributed by atoms with Crippen LogP contribution in [0.3, 0.4) is 0 Å². The van der Waals surface area contributed by atoms with Gasteiger partial charge in [-0.15, -0.1) is 0 Å². The highest BCUT2D eigenvalue weighted by Gasteiger charge is 2.04. The predicted octanol–water partition coefficient (Wildman–Crippen LogP) is 21.5. The zero-order valence-electron chi connectivity index (χ0n) is 46.5. The van der Waals surface area contributed by atoms with Gasteiger partial charge < -0.3 is 10.6 Å². The maximum Gasteiger partial charge on any atom is 0.219 e. The Morgan fingerprint density at radius 2 is 0.328 bits per heavy atom. The quantitative estimate of drug-likeness (QED) is 0.0597. The number of unbranched alkanes of at least 4 members (excludes halogenated alkanes) is 52. The normalized spacial score (nSPS) is 11.5. The zero-order valence-corrected chi connectivity index (χ0v) is 46.5. The third-order valence-electron chi connectivity index (χ3n) is 15.0. The predicted molar refractivity (Wildman–Crippen MR) is 301 cm³/mol. The fraction of sp³-hybridized carbons (Fsp3) is 0.968. The van der Waals surface area contributed by atoms with Crippen LogP contribution >= 0.6 is 0 Å². The lowest BCUT2D eigenvalue weighted by Crippen LogP contribution is -2.29. The van der Waals surface area contributed by atoms with E-state index < -0.39 is 0 Å². The molecule has 2 N–H and O–H groups in total. The fourth-order valence-corrected chi connectivity index (χ4v) is 10.3. The summed E-state index contributed by atoms with van der Waals surface area (Å²) in [5.41, 5.74) is 0. The van der Waals surface area contributed by atoms with Crippen molar-refractivity contribution < 1.29 is 9.59 Å². The highest BCUT2D eigenvalue weighted by Crippen LogP contribution is 2.19. The molecule has 400 valence electrons. The van der Waals surface area contributed by atoms with Crippen LogP contribution in [0, 0.1) is 0 Å². The van der Waals surface area contributed by atoms with E-state index in [0.29, 0.717) is 25.9 Å². The molecule has 0 aromatic heterocycles.